The molecular formula is C21H29F3N6O3. The number of nitrogens with zero attached hydrogens (tertiary/aromatic N) is 5. The average molecular weight is 470 g/mol. The predicted molar refractivity (Wildman–Crippen MR) is 112 cm³/mol. The summed E-state index contributed by atoms with van der Waals surface area (Å²) in [6, 6.07) is 0.232. The third-order valence-electron chi connectivity index (χ3n) is 5.95. The van der Waals surface area contributed by atoms with Gasteiger partial charge in [-0.05, 0) is 25.7 Å². The van der Waals surface area contributed by atoms with E-state index in [-0.39, 0.29) is 11.9 Å². The van der Waals surface area contributed by atoms with Gasteiger partial charge in [0.05, 0.1) is 24.4 Å². The number of aliphatic carboxylic acids is 1. The number of nitrogens with one attached hydrogen (secondary N) is 1. The van der Waals surface area contributed by atoms with Gasteiger partial charge >= 0.3 is 12.1 Å². The van der Waals surface area contributed by atoms with E-state index >= 15 is 0 Å². The van der Waals surface area contributed by atoms with Crippen LogP contribution in [0.15, 0.2) is 18.6 Å². The second-order valence-electron chi connectivity index (χ2n) is 8.53. The Hall–Kier alpha value is -2.89. The molecule has 2 N–H and O–H groups in total. The number of carbonyl (C=O) groups is 2. The van der Waals surface area contributed by atoms with Crippen LogP contribution in [0.1, 0.15) is 49.3 Å². The Morgan fingerprint density at radius 2 is 1.94 bits per heavy atom. The fraction of sp³-hybridized carbons (Fsp3) is 0.619. The Morgan fingerprint density at radius 1 is 1.24 bits per heavy atom. The summed E-state index contributed by atoms with van der Waals surface area (Å²) in [6.45, 7) is 5.78. The van der Waals surface area contributed by atoms with Crippen molar-refractivity contribution in [2.75, 3.05) is 13.1 Å². The van der Waals surface area contributed by atoms with E-state index in [0.717, 1.165) is 37.7 Å². The number of hydrogen-bond acceptors (Lipinski definition) is 5. The molecule has 9 nitrogen and oxygen atoms in total. The Labute approximate surface area is 189 Å². The molecule has 1 fully saturated rings. The number of imidazole rings is 1. The summed E-state index contributed by atoms with van der Waals surface area (Å²) >= 11 is 0. The molecule has 1 aliphatic heterocycles. The Kier molecular flexibility index (Phi) is 7.77. The van der Waals surface area contributed by atoms with E-state index in [1.807, 2.05) is 17.9 Å². The van der Waals surface area contributed by atoms with Gasteiger partial charge in [0.15, 0.2) is 0 Å². The molecule has 2 aromatic rings. The number of carbonyl (C=O) groups excluding carboxylic acids is 1. The number of aryl methyl sites for hydroxylation is 1. The lowest BCUT2D eigenvalue weighted by Crippen LogP contribution is -2.36. The number of aromatic nitrogens is 4. The first kappa shape index (κ1) is 24.7. The van der Waals surface area contributed by atoms with Crippen molar-refractivity contribution in [3.63, 3.8) is 0 Å². The van der Waals surface area contributed by atoms with Crippen LogP contribution in [0, 0.1) is 5.92 Å². The number of halogens is 3. The van der Waals surface area contributed by atoms with Crippen LogP contribution in [-0.2, 0) is 36.1 Å². The summed E-state index contributed by atoms with van der Waals surface area (Å²) in [5, 5.41) is 14.4. The standard InChI is InChI=1S/C19H28N6O.C2HF3O2/c1-14-19-22-17(8-18(26)20-9-15-4-3-5-15)13-25(19)7-6-24(14)12-16-10-21-23(2)11-16;3-2(4,5)1(6)7/h10-11,13-15H,3-9,12H2,1-2H3,(H,20,26);(H,6,7). The van der Waals surface area contributed by atoms with E-state index in [0.29, 0.717) is 12.3 Å². The van der Waals surface area contributed by atoms with Gasteiger partial charge in [0.2, 0.25) is 5.91 Å². The monoisotopic (exact) mass is 470 g/mol. The van der Waals surface area contributed by atoms with E-state index in [1.165, 1.54) is 24.8 Å². The zero-order valence-corrected chi connectivity index (χ0v) is 18.7. The van der Waals surface area contributed by atoms with Crippen LogP contribution in [0.5, 0.6) is 0 Å². The van der Waals surface area contributed by atoms with Crippen molar-refractivity contribution in [1.29, 1.82) is 0 Å². The van der Waals surface area contributed by atoms with Crippen molar-refractivity contribution in [3.05, 3.63) is 35.7 Å². The Morgan fingerprint density at radius 3 is 2.48 bits per heavy atom. The number of carboxylic acids is 1. The van der Waals surface area contributed by atoms with Crippen molar-refractivity contribution >= 4 is 11.9 Å². The minimum absolute atomic E-state index is 0.0900. The molecule has 182 valence electrons. The fourth-order valence-electron chi connectivity index (χ4n) is 3.86. The van der Waals surface area contributed by atoms with E-state index in [9.17, 15) is 18.0 Å². The maximum Gasteiger partial charge on any atom is 0.490 e. The lowest BCUT2D eigenvalue weighted by molar-refractivity contribution is -0.192. The number of hydrogen-bond donors (Lipinski definition) is 2. The first-order valence-corrected chi connectivity index (χ1v) is 10.9. The van der Waals surface area contributed by atoms with Gasteiger partial charge in [-0.1, -0.05) is 6.42 Å². The van der Waals surface area contributed by atoms with Gasteiger partial charge in [0, 0.05) is 51.2 Å². The molecular weight excluding hydrogens is 441 g/mol. The smallest absolute Gasteiger partial charge is 0.475 e. The summed E-state index contributed by atoms with van der Waals surface area (Å²) in [4.78, 5) is 28.3. The van der Waals surface area contributed by atoms with Crippen LogP contribution in [0.25, 0.3) is 0 Å². The van der Waals surface area contributed by atoms with Crippen molar-refractivity contribution in [2.45, 2.75) is 57.9 Å². The van der Waals surface area contributed by atoms with Crippen molar-refractivity contribution in [1.82, 2.24) is 29.5 Å². The maximum absolute atomic E-state index is 12.2. The van der Waals surface area contributed by atoms with Crippen molar-refractivity contribution in [2.24, 2.45) is 13.0 Å². The normalized spacial score (nSPS) is 18.6. The number of rotatable bonds is 6. The molecule has 2 aliphatic rings. The number of carboxylic acid groups (broad SMARTS) is 1. The van der Waals surface area contributed by atoms with E-state index in [2.05, 4.69) is 39.2 Å². The quantitative estimate of drug-likeness (QED) is 0.671. The first-order valence-electron chi connectivity index (χ1n) is 10.9. The highest BCUT2D eigenvalue weighted by atomic mass is 19.4. The highest BCUT2D eigenvalue weighted by Crippen LogP contribution is 2.27. The van der Waals surface area contributed by atoms with Gasteiger partial charge in [-0.25, -0.2) is 9.78 Å². The summed E-state index contributed by atoms with van der Waals surface area (Å²) in [6.07, 6.45) is 5.14. The Balaban J connectivity index is 0.000000383. The molecule has 0 aromatic carbocycles. The summed E-state index contributed by atoms with van der Waals surface area (Å²) in [5.41, 5.74) is 2.09. The number of amides is 1. The lowest BCUT2D eigenvalue weighted by Gasteiger charge is -2.33. The van der Waals surface area contributed by atoms with Gasteiger partial charge in [0.1, 0.15) is 5.82 Å². The summed E-state index contributed by atoms with van der Waals surface area (Å²) in [5.74, 6) is -0.920. The minimum atomic E-state index is -5.08. The van der Waals surface area contributed by atoms with E-state index in [4.69, 9.17) is 14.9 Å². The number of fused-ring (bicyclic) bond motifs is 1. The molecule has 1 unspecified atom stereocenters. The van der Waals surface area contributed by atoms with Gasteiger partial charge in [-0.15, -0.1) is 0 Å². The lowest BCUT2D eigenvalue weighted by atomic mass is 9.85. The van der Waals surface area contributed by atoms with Crippen LogP contribution < -0.4 is 5.32 Å². The Bertz CT molecular complexity index is 967. The molecule has 0 saturated heterocycles. The zero-order valence-electron chi connectivity index (χ0n) is 18.7. The third-order valence-corrected chi connectivity index (χ3v) is 5.95. The van der Waals surface area contributed by atoms with Gasteiger partial charge < -0.3 is 15.0 Å². The summed E-state index contributed by atoms with van der Waals surface area (Å²) < 4.78 is 35.8. The predicted octanol–water partition coefficient (Wildman–Crippen LogP) is 2.29. The molecule has 0 bridgehead atoms. The van der Waals surface area contributed by atoms with E-state index in [1.54, 1.807) is 0 Å². The number of alkyl halides is 3. The fourth-order valence-corrected chi connectivity index (χ4v) is 3.86. The third kappa shape index (κ3) is 6.80. The minimum Gasteiger partial charge on any atom is -0.475 e. The molecule has 4 rings (SSSR count). The van der Waals surface area contributed by atoms with Crippen molar-refractivity contribution < 1.29 is 27.9 Å². The van der Waals surface area contributed by atoms with Gasteiger partial charge in [-0.3, -0.25) is 14.4 Å². The van der Waals surface area contributed by atoms with Crippen molar-refractivity contribution in [3.8, 4) is 0 Å². The highest BCUT2D eigenvalue weighted by molar-refractivity contribution is 5.78. The maximum atomic E-state index is 12.2. The molecule has 33 heavy (non-hydrogen) atoms. The molecule has 0 spiro atoms. The molecule has 2 aromatic heterocycles. The summed E-state index contributed by atoms with van der Waals surface area (Å²) in [7, 11) is 1.94. The topological polar surface area (TPSA) is 105 Å². The largest absolute Gasteiger partial charge is 0.490 e. The molecule has 3 heterocycles. The van der Waals surface area contributed by atoms with Crippen LogP contribution in [0.3, 0.4) is 0 Å². The molecule has 0 radical (unpaired) electrons. The van der Waals surface area contributed by atoms with Crippen LogP contribution in [-0.4, -0.2) is 60.5 Å². The molecule has 1 atom stereocenters. The van der Waals surface area contributed by atoms with Gasteiger partial charge in [0.25, 0.3) is 0 Å². The van der Waals surface area contributed by atoms with Crippen LogP contribution in [0.4, 0.5) is 13.2 Å². The SMILES string of the molecule is CC1c2nc(CC(=O)NCC3CCC3)cn2CCN1Cc1cnn(C)c1.O=C(O)C(F)(F)F. The highest BCUT2D eigenvalue weighted by Gasteiger charge is 2.38. The zero-order chi connectivity index (χ0) is 24.2. The molecule has 1 saturated carbocycles. The molecule has 12 heteroatoms. The second kappa shape index (κ2) is 10.4. The van der Waals surface area contributed by atoms with Crippen LogP contribution >= 0.6 is 0 Å². The van der Waals surface area contributed by atoms with Gasteiger partial charge in [-0.2, -0.15) is 18.3 Å². The molecule has 1 aliphatic carbocycles. The average Bonchev–Trinajstić information content (AvgIpc) is 3.28. The van der Waals surface area contributed by atoms with Crippen LogP contribution in [0.2, 0.25) is 0 Å². The second-order valence-corrected chi connectivity index (χ2v) is 8.53. The first-order chi connectivity index (χ1) is 15.5. The molecule has 1 amide bonds. The van der Waals surface area contributed by atoms with E-state index < -0.39 is 12.1 Å².